The van der Waals surface area contributed by atoms with Gasteiger partial charge in [0.25, 0.3) is 0 Å². The second-order valence-electron chi connectivity index (χ2n) is 4.24. The van der Waals surface area contributed by atoms with Gasteiger partial charge < -0.3 is 14.6 Å². The van der Waals surface area contributed by atoms with E-state index in [0.717, 1.165) is 5.76 Å². The fraction of sp³-hybridized carbons (Fsp3) is 0.545. The number of furan rings is 1. The van der Waals surface area contributed by atoms with Crippen molar-refractivity contribution in [3.05, 3.63) is 22.6 Å². The molecule has 1 amide bonds. The summed E-state index contributed by atoms with van der Waals surface area (Å²) in [5, 5.41) is 2.98. The number of nitrogens with zero attached hydrogens (tertiary/aromatic N) is 1. The number of hydrogen-bond donors (Lipinski definition) is 1. The summed E-state index contributed by atoms with van der Waals surface area (Å²) in [7, 11) is 3.53. The molecule has 0 aliphatic heterocycles. The molecule has 0 fully saturated rings. The van der Waals surface area contributed by atoms with Crippen LogP contribution in [0.5, 0.6) is 0 Å². The fourth-order valence-corrected chi connectivity index (χ4v) is 1.67. The first-order valence-electron chi connectivity index (χ1n) is 5.05. The number of halogens is 1. The standard InChI is InChI=1S/C11H17BrN2O2/c1-11(2,13-3)10(15)14(4)7-8-5-6-9(12)16-8/h5-6,13H,7H2,1-4H3. The highest BCUT2D eigenvalue weighted by Crippen LogP contribution is 2.16. The van der Waals surface area contributed by atoms with Crippen LogP contribution < -0.4 is 5.32 Å². The maximum absolute atomic E-state index is 12.0. The van der Waals surface area contributed by atoms with Crippen LogP contribution in [0.15, 0.2) is 21.2 Å². The summed E-state index contributed by atoms with van der Waals surface area (Å²) in [6, 6.07) is 3.66. The highest BCUT2D eigenvalue weighted by molar-refractivity contribution is 9.10. The maximum Gasteiger partial charge on any atom is 0.242 e. The first-order chi connectivity index (χ1) is 7.36. The van der Waals surface area contributed by atoms with Crippen molar-refractivity contribution in [2.24, 2.45) is 0 Å². The molecule has 0 aliphatic rings. The second-order valence-corrected chi connectivity index (χ2v) is 5.02. The van der Waals surface area contributed by atoms with E-state index in [9.17, 15) is 4.79 Å². The molecule has 1 rings (SSSR count). The average molecular weight is 289 g/mol. The quantitative estimate of drug-likeness (QED) is 0.922. The molecule has 0 radical (unpaired) electrons. The summed E-state index contributed by atoms with van der Waals surface area (Å²) >= 11 is 3.23. The van der Waals surface area contributed by atoms with Crippen molar-refractivity contribution >= 4 is 21.8 Å². The minimum atomic E-state index is -0.557. The van der Waals surface area contributed by atoms with E-state index in [1.165, 1.54) is 0 Å². The van der Waals surface area contributed by atoms with Crippen LogP contribution in [0.2, 0.25) is 0 Å². The molecule has 1 N–H and O–H groups in total. The van der Waals surface area contributed by atoms with Gasteiger partial charge in [-0.25, -0.2) is 0 Å². The predicted molar refractivity (Wildman–Crippen MR) is 66.0 cm³/mol. The molecular weight excluding hydrogens is 272 g/mol. The normalized spacial score (nSPS) is 11.6. The van der Waals surface area contributed by atoms with Gasteiger partial charge in [-0.05, 0) is 49.0 Å². The minimum absolute atomic E-state index is 0.0301. The molecule has 0 bridgehead atoms. The lowest BCUT2D eigenvalue weighted by atomic mass is 10.0. The van der Waals surface area contributed by atoms with Gasteiger partial charge in [-0.1, -0.05) is 0 Å². The fourth-order valence-electron chi connectivity index (χ4n) is 1.33. The first kappa shape index (κ1) is 13.3. The largest absolute Gasteiger partial charge is 0.452 e. The number of amides is 1. The Morgan fingerprint density at radius 1 is 1.56 bits per heavy atom. The Balaban J connectivity index is 2.65. The molecule has 0 saturated heterocycles. The molecule has 0 saturated carbocycles. The zero-order valence-electron chi connectivity index (χ0n) is 10.0. The molecule has 16 heavy (non-hydrogen) atoms. The summed E-state index contributed by atoms with van der Waals surface area (Å²) in [4.78, 5) is 13.7. The van der Waals surface area contributed by atoms with Crippen LogP contribution in [0.4, 0.5) is 0 Å². The minimum Gasteiger partial charge on any atom is -0.452 e. The lowest BCUT2D eigenvalue weighted by molar-refractivity contribution is -0.136. The molecule has 0 spiro atoms. The van der Waals surface area contributed by atoms with Gasteiger partial charge in [0.1, 0.15) is 5.76 Å². The Kier molecular flexibility index (Phi) is 4.15. The molecule has 1 aromatic heterocycles. The predicted octanol–water partition coefficient (Wildman–Crippen LogP) is 2.00. The second kappa shape index (κ2) is 5.01. The molecular formula is C11H17BrN2O2. The molecule has 5 heteroatoms. The van der Waals surface area contributed by atoms with Crippen molar-refractivity contribution in [1.29, 1.82) is 0 Å². The average Bonchev–Trinajstić information content (AvgIpc) is 2.62. The molecule has 90 valence electrons. The van der Waals surface area contributed by atoms with Crippen molar-refractivity contribution in [3.8, 4) is 0 Å². The highest BCUT2D eigenvalue weighted by Gasteiger charge is 2.28. The van der Waals surface area contributed by atoms with E-state index < -0.39 is 5.54 Å². The van der Waals surface area contributed by atoms with Crippen LogP contribution in [0.3, 0.4) is 0 Å². The van der Waals surface area contributed by atoms with E-state index in [2.05, 4.69) is 21.2 Å². The number of carbonyl (C=O) groups is 1. The van der Waals surface area contributed by atoms with Crippen molar-refractivity contribution in [3.63, 3.8) is 0 Å². The maximum atomic E-state index is 12.0. The Morgan fingerprint density at radius 3 is 2.62 bits per heavy atom. The Morgan fingerprint density at radius 2 is 2.19 bits per heavy atom. The van der Waals surface area contributed by atoms with Crippen LogP contribution >= 0.6 is 15.9 Å². The summed E-state index contributed by atoms with van der Waals surface area (Å²) in [5.41, 5.74) is -0.557. The highest BCUT2D eigenvalue weighted by atomic mass is 79.9. The van der Waals surface area contributed by atoms with Gasteiger partial charge in [-0.2, -0.15) is 0 Å². The van der Waals surface area contributed by atoms with Crippen LogP contribution in [-0.4, -0.2) is 30.4 Å². The van der Waals surface area contributed by atoms with E-state index >= 15 is 0 Å². The van der Waals surface area contributed by atoms with Crippen molar-refractivity contribution in [1.82, 2.24) is 10.2 Å². The molecule has 1 heterocycles. The smallest absolute Gasteiger partial charge is 0.242 e. The number of nitrogens with one attached hydrogen (secondary N) is 1. The Bertz CT molecular complexity index is 374. The van der Waals surface area contributed by atoms with E-state index in [-0.39, 0.29) is 5.91 Å². The van der Waals surface area contributed by atoms with E-state index in [0.29, 0.717) is 11.2 Å². The van der Waals surface area contributed by atoms with Gasteiger partial charge in [0, 0.05) is 7.05 Å². The van der Waals surface area contributed by atoms with Crippen LogP contribution in [0.1, 0.15) is 19.6 Å². The van der Waals surface area contributed by atoms with Crippen molar-refractivity contribution in [2.75, 3.05) is 14.1 Å². The molecule has 1 aromatic rings. The van der Waals surface area contributed by atoms with Crippen LogP contribution in [0, 0.1) is 0 Å². The van der Waals surface area contributed by atoms with Gasteiger partial charge in [0.15, 0.2) is 4.67 Å². The van der Waals surface area contributed by atoms with E-state index in [1.807, 2.05) is 26.0 Å². The molecule has 0 aliphatic carbocycles. The third-order valence-corrected chi connectivity index (χ3v) is 2.95. The van der Waals surface area contributed by atoms with Crippen LogP contribution in [0.25, 0.3) is 0 Å². The topological polar surface area (TPSA) is 45.5 Å². The third kappa shape index (κ3) is 3.09. The van der Waals surface area contributed by atoms with Crippen molar-refractivity contribution < 1.29 is 9.21 Å². The van der Waals surface area contributed by atoms with Crippen LogP contribution in [-0.2, 0) is 11.3 Å². The summed E-state index contributed by atoms with van der Waals surface area (Å²) in [5.74, 6) is 0.789. The first-order valence-corrected chi connectivity index (χ1v) is 5.85. The zero-order chi connectivity index (χ0) is 12.3. The van der Waals surface area contributed by atoms with Gasteiger partial charge >= 0.3 is 0 Å². The van der Waals surface area contributed by atoms with Gasteiger partial charge in [0.05, 0.1) is 12.1 Å². The molecule has 0 unspecified atom stereocenters. The van der Waals surface area contributed by atoms with Gasteiger partial charge in [-0.3, -0.25) is 4.79 Å². The number of hydrogen-bond acceptors (Lipinski definition) is 3. The van der Waals surface area contributed by atoms with Gasteiger partial charge in [-0.15, -0.1) is 0 Å². The van der Waals surface area contributed by atoms with Gasteiger partial charge in [0.2, 0.25) is 5.91 Å². The summed E-state index contributed by atoms with van der Waals surface area (Å²) < 4.78 is 6.03. The number of rotatable bonds is 4. The van der Waals surface area contributed by atoms with E-state index in [1.54, 1.807) is 19.0 Å². The Labute approximate surface area is 104 Å². The number of carbonyl (C=O) groups excluding carboxylic acids is 1. The number of likely N-dealkylation sites (N-methyl/N-ethyl adjacent to an activating group) is 2. The zero-order valence-corrected chi connectivity index (χ0v) is 11.6. The SMILES string of the molecule is CNC(C)(C)C(=O)N(C)Cc1ccc(Br)o1. The molecule has 4 nitrogen and oxygen atoms in total. The summed E-state index contributed by atoms with van der Waals surface area (Å²) in [6.07, 6.45) is 0. The monoisotopic (exact) mass is 288 g/mol. The third-order valence-electron chi connectivity index (χ3n) is 2.53. The van der Waals surface area contributed by atoms with E-state index in [4.69, 9.17) is 4.42 Å². The molecule has 0 aromatic carbocycles. The lowest BCUT2D eigenvalue weighted by Gasteiger charge is -2.28. The van der Waals surface area contributed by atoms with Crippen molar-refractivity contribution in [2.45, 2.75) is 25.9 Å². The summed E-state index contributed by atoms with van der Waals surface area (Å²) in [6.45, 7) is 4.17. The lowest BCUT2D eigenvalue weighted by Crippen LogP contribution is -2.51. The Hall–Kier alpha value is -0.810. The molecule has 0 atom stereocenters.